The Bertz CT molecular complexity index is 859. The van der Waals surface area contributed by atoms with Crippen LogP contribution in [0.2, 0.25) is 5.02 Å². The highest BCUT2D eigenvalue weighted by atomic mass is 35.5. The summed E-state index contributed by atoms with van der Waals surface area (Å²) in [6.07, 6.45) is 0. The maximum Gasteiger partial charge on any atom is 0.243 e. The van der Waals surface area contributed by atoms with E-state index >= 15 is 0 Å². The summed E-state index contributed by atoms with van der Waals surface area (Å²) in [4.78, 5) is 12.3. The van der Waals surface area contributed by atoms with Gasteiger partial charge in [0.25, 0.3) is 0 Å². The monoisotopic (exact) mass is 395 g/mol. The van der Waals surface area contributed by atoms with E-state index in [0.717, 1.165) is 0 Å². The molecule has 0 radical (unpaired) electrons. The zero-order valence-corrected chi connectivity index (χ0v) is 15.5. The highest BCUT2D eigenvalue weighted by Gasteiger charge is 2.26. The number of nitrogens with zero attached hydrogens (tertiary/aromatic N) is 1. The molecule has 0 unspecified atom stereocenters. The minimum atomic E-state index is -3.54. The molecular formula is C18H18ClNO5S. The molecule has 1 aliphatic rings. The van der Waals surface area contributed by atoms with Crippen LogP contribution in [0.4, 0.5) is 0 Å². The fourth-order valence-corrected chi connectivity index (χ4v) is 4.05. The van der Waals surface area contributed by atoms with E-state index in [-0.39, 0.29) is 17.3 Å². The molecular weight excluding hydrogens is 378 g/mol. The van der Waals surface area contributed by atoms with Gasteiger partial charge >= 0.3 is 0 Å². The van der Waals surface area contributed by atoms with Crippen LogP contribution in [-0.2, 0) is 14.8 Å². The van der Waals surface area contributed by atoms with Gasteiger partial charge in [0.2, 0.25) is 10.0 Å². The Labute approximate surface area is 157 Å². The lowest BCUT2D eigenvalue weighted by Crippen LogP contribution is -2.40. The largest absolute Gasteiger partial charge is 0.485 e. The maximum absolute atomic E-state index is 12.5. The first-order chi connectivity index (χ1) is 12.5. The molecule has 0 N–H and O–H groups in total. The average Bonchev–Trinajstić information content (AvgIpc) is 2.67. The van der Waals surface area contributed by atoms with Crippen LogP contribution in [0.5, 0.6) is 5.75 Å². The van der Waals surface area contributed by atoms with Gasteiger partial charge in [0.1, 0.15) is 5.75 Å². The van der Waals surface area contributed by atoms with Crippen molar-refractivity contribution in [2.75, 3.05) is 32.9 Å². The maximum atomic E-state index is 12.5. The molecule has 1 heterocycles. The number of morpholine rings is 1. The average molecular weight is 396 g/mol. The third-order valence-corrected chi connectivity index (χ3v) is 6.13. The second kappa shape index (κ2) is 8.18. The smallest absolute Gasteiger partial charge is 0.243 e. The first kappa shape index (κ1) is 18.8. The highest BCUT2D eigenvalue weighted by Crippen LogP contribution is 2.20. The highest BCUT2D eigenvalue weighted by molar-refractivity contribution is 7.89. The second-order valence-electron chi connectivity index (χ2n) is 5.71. The fourth-order valence-electron chi connectivity index (χ4n) is 2.51. The molecule has 138 valence electrons. The van der Waals surface area contributed by atoms with Crippen LogP contribution in [0.1, 0.15) is 10.4 Å². The van der Waals surface area contributed by atoms with Gasteiger partial charge < -0.3 is 9.47 Å². The second-order valence-corrected chi connectivity index (χ2v) is 8.08. The lowest BCUT2D eigenvalue weighted by molar-refractivity contribution is 0.0730. The molecule has 0 bridgehead atoms. The number of halogens is 1. The first-order valence-electron chi connectivity index (χ1n) is 8.06. The number of carbonyl (C=O) groups excluding carboxylic acids is 1. The molecule has 8 heteroatoms. The lowest BCUT2D eigenvalue weighted by atomic mass is 10.1. The van der Waals surface area contributed by atoms with Crippen molar-refractivity contribution in [3.05, 3.63) is 59.1 Å². The summed E-state index contributed by atoms with van der Waals surface area (Å²) in [5, 5.41) is 0.555. The van der Waals surface area contributed by atoms with E-state index in [9.17, 15) is 13.2 Å². The van der Waals surface area contributed by atoms with Crippen molar-refractivity contribution < 1.29 is 22.7 Å². The molecule has 0 atom stereocenters. The Balaban J connectivity index is 1.62. The van der Waals surface area contributed by atoms with Gasteiger partial charge in [-0.2, -0.15) is 4.31 Å². The molecule has 1 saturated heterocycles. The standard InChI is InChI=1S/C18H18ClNO5S/c19-15-3-1-14(2-4-15)18(21)13-25-16-5-7-17(8-6-16)26(22,23)20-9-11-24-12-10-20/h1-8H,9-13H2. The van der Waals surface area contributed by atoms with Crippen molar-refractivity contribution in [2.24, 2.45) is 0 Å². The number of sulfonamides is 1. The Morgan fingerprint density at radius 1 is 1.04 bits per heavy atom. The zero-order chi connectivity index (χ0) is 18.6. The Kier molecular flexibility index (Phi) is 5.93. The Morgan fingerprint density at radius 3 is 2.27 bits per heavy atom. The molecule has 0 aromatic heterocycles. The SMILES string of the molecule is O=C(COc1ccc(S(=O)(=O)N2CCOCC2)cc1)c1ccc(Cl)cc1. The molecule has 0 aliphatic carbocycles. The van der Waals surface area contributed by atoms with E-state index in [1.54, 1.807) is 36.4 Å². The van der Waals surface area contributed by atoms with Gasteiger partial charge in [-0.1, -0.05) is 11.6 Å². The van der Waals surface area contributed by atoms with E-state index in [2.05, 4.69) is 0 Å². The number of hydrogen-bond donors (Lipinski definition) is 0. The number of rotatable bonds is 6. The fraction of sp³-hybridized carbons (Fsp3) is 0.278. The summed E-state index contributed by atoms with van der Waals surface area (Å²) in [5.74, 6) is 0.236. The molecule has 0 saturated carbocycles. The van der Waals surface area contributed by atoms with E-state index < -0.39 is 10.0 Å². The topological polar surface area (TPSA) is 72.9 Å². The normalized spacial score (nSPS) is 15.6. The number of ketones is 1. The molecule has 2 aromatic carbocycles. The Hall–Kier alpha value is -1.93. The molecule has 6 nitrogen and oxygen atoms in total. The van der Waals surface area contributed by atoms with Crippen LogP contribution in [0.15, 0.2) is 53.4 Å². The number of hydrogen-bond acceptors (Lipinski definition) is 5. The molecule has 3 rings (SSSR count). The van der Waals surface area contributed by atoms with Crippen molar-refractivity contribution >= 4 is 27.4 Å². The van der Waals surface area contributed by atoms with Gasteiger partial charge in [0, 0.05) is 23.7 Å². The summed E-state index contributed by atoms with van der Waals surface area (Å²) in [6, 6.07) is 12.6. The molecule has 1 aliphatic heterocycles. The van der Waals surface area contributed by atoms with Crippen molar-refractivity contribution in [1.29, 1.82) is 0 Å². The minimum Gasteiger partial charge on any atom is -0.485 e. The van der Waals surface area contributed by atoms with Gasteiger partial charge in [-0.05, 0) is 48.5 Å². The van der Waals surface area contributed by atoms with E-state index in [1.165, 1.54) is 16.4 Å². The summed E-state index contributed by atoms with van der Waals surface area (Å²) in [7, 11) is -3.54. The predicted octanol–water partition coefficient (Wildman–Crippen LogP) is 2.62. The van der Waals surface area contributed by atoms with Gasteiger partial charge in [-0.3, -0.25) is 4.79 Å². The molecule has 0 spiro atoms. The minimum absolute atomic E-state index is 0.142. The van der Waals surface area contributed by atoms with Crippen LogP contribution >= 0.6 is 11.6 Å². The van der Waals surface area contributed by atoms with Gasteiger partial charge in [-0.25, -0.2) is 8.42 Å². The number of Topliss-reactive ketones (excluding diaryl/α,β-unsaturated/α-hetero) is 1. The summed E-state index contributed by atoms with van der Waals surface area (Å²) >= 11 is 5.79. The summed E-state index contributed by atoms with van der Waals surface area (Å²) in [5.41, 5.74) is 0.501. The number of ether oxygens (including phenoxy) is 2. The van der Waals surface area contributed by atoms with Gasteiger partial charge in [-0.15, -0.1) is 0 Å². The molecule has 0 amide bonds. The van der Waals surface area contributed by atoms with Crippen molar-refractivity contribution in [3.63, 3.8) is 0 Å². The first-order valence-corrected chi connectivity index (χ1v) is 9.88. The van der Waals surface area contributed by atoms with Crippen LogP contribution in [0.3, 0.4) is 0 Å². The van der Waals surface area contributed by atoms with Gasteiger partial charge in [0.15, 0.2) is 12.4 Å². The predicted molar refractivity (Wildman–Crippen MR) is 97.3 cm³/mol. The quantitative estimate of drug-likeness (QED) is 0.703. The third kappa shape index (κ3) is 4.42. The third-order valence-electron chi connectivity index (χ3n) is 3.97. The number of carbonyl (C=O) groups is 1. The molecule has 1 fully saturated rings. The van der Waals surface area contributed by atoms with Gasteiger partial charge in [0.05, 0.1) is 18.1 Å². The van der Waals surface area contributed by atoms with Crippen LogP contribution in [0.25, 0.3) is 0 Å². The lowest BCUT2D eigenvalue weighted by Gasteiger charge is -2.26. The molecule has 2 aromatic rings. The number of benzene rings is 2. The van der Waals surface area contributed by atoms with Crippen molar-refractivity contribution in [1.82, 2.24) is 4.31 Å². The van der Waals surface area contributed by atoms with Crippen molar-refractivity contribution in [2.45, 2.75) is 4.90 Å². The summed E-state index contributed by atoms with van der Waals surface area (Å²) < 4.78 is 37.1. The van der Waals surface area contributed by atoms with E-state index in [0.29, 0.717) is 42.6 Å². The van der Waals surface area contributed by atoms with E-state index in [4.69, 9.17) is 21.1 Å². The van der Waals surface area contributed by atoms with E-state index in [1.807, 2.05) is 0 Å². The van der Waals surface area contributed by atoms with Crippen LogP contribution in [0, 0.1) is 0 Å². The zero-order valence-electron chi connectivity index (χ0n) is 13.9. The molecule has 26 heavy (non-hydrogen) atoms. The summed E-state index contributed by atoms with van der Waals surface area (Å²) in [6.45, 7) is 1.34. The Morgan fingerprint density at radius 2 is 1.65 bits per heavy atom. The van der Waals surface area contributed by atoms with Crippen molar-refractivity contribution in [3.8, 4) is 5.75 Å². The van der Waals surface area contributed by atoms with Crippen LogP contribution in [-0.4, -0.2) is 51.4 Å². The van der Waals surface area contributed by atoms with Crippen LogP contribution < -0.4 is 4.74 Å².